The van der Waals surface area contributed by atoms with Gasteiger partial charge in [0, 0.05) is 43.1 Å². The summed E-state index contributed by atoms with van der Waals surface area (Å²) in [5.41, 5.74) is 8.79. The molecule has 11 rings (SSSR count). The molecule has 0 N–H and O–H groups in total. The van der Waals surface area contributed by atoms with E-state index < -0.39 is 0 Å². The fraction of sp³-hybridized carbons (Fsp3) is 0. The lowest BCUT2D eigenvalue weighted by Crippen LogP contribution is -1.97. The van der Waals surface area contributed by atoms with E-state index in [4.69, 9.17) is 15.1 Å². The van der Waals surface area contributed by atoms with E-state index in [1.165, 1.54) is 52.8 Å². The van der Waals surface area contributed by atoms with Crippen LogP contribution in [0.1, 0.15) is 0 Å². The highest BCUT2D eigenvalue weighted by atomic mass is 32.1. The van der Waals surface area contributed by atoms with Crippen molar-refractivity contribution >= 4 is 80.8 Å². The van der Waals surface area contributed by atoms with Gasteiger partial charge in [0.1, 0.15) is 5.69 Å². The van der Waals surface area contributed by atoms with Crippen LogP contribution in [-0.4, -0.2) is 24.1 Å². The zero-order chi connectivity index (χ0) is 32.1. The van der Waals surface area contributed by atoms with Crippen LogP contribution in [0.15, 0.2) is 152 Å². The summed E-state index contributed by atoms with van der Waals surface area (Å²) >= 11 is 1.88. The Labute approximate surface area is 283 Å². The van der Waals surface area contributed by atoms with Gasteiger partial charge in [-0.25, -0.2) is 14.5 Å². The molecule has 6 heteroatoms. The van der Waals surface area contributed by atoms with Crippen molar-refractivity contribution in [2.24, 2.45) is 0 Å². The second kappa shape index (κ2) is 10.1. The van der Waals surface area contributed by atoms with E-state index >= 15 is 0 Å². The standard InChI is InChI=1S/C43H25N5S/c1-2-13-26(14-3-1)39-43-45-42(46-48(43)35-23-10-8-21-33(35)44-39)27-15-12-16-28(25-27)47-34-22-9-6-19-31(34)37-29-17-4-5-18-30(29)38-32-20-7-11-24-36(32)49-41(38)40(37)47/h1-25H. The highest BCUT2D eigenvalue weighted by Gasteiger charge is 2.22. The predicted octanol–water partition coefficient (Wildman–Crippen LogP) is 11.2. The van der Waals surface area contributed by atoms with Crippen molar-refractivity contribution in [2.45, 2.75) is 0 Å². The molecule has 0 saturated heterocycles. The number of rotatable bonds is 3. The number of hydrogen-bond donors (Lipinski definition) is 0. The van der Waals surface area contributed by atoms with Crippen molar-refractivity contribution < 1.29 is 0 Å². The summed E-state index contributed by atoms with van der Waals surface area (Å²) in [7, 11) is 0. The molecule has 0 radical (unpaired) electrons. The van der Waals surface area contributed by atoms with Crippen LogP contribution in [0.2, 0.25) is 0 Å². The highest BCUT2D eigenvalue weighted by molar-refractivity contribution is 7.27. The smallest absolute Gasteiger partial charge is 0.182 e. The van der Waals surface area contributed by atoms with Gasteiger partial charge in [0.2, 0.25) is 0 Å². The van der Waals surface area contributed by atoms with Crippen LogP contribution in [0.25, 0.3) is 97.8 Å². The number of nitrogens with zero attached hydrogens (tertiary/aromatic N) is 5. The minimum atomic E-state index is 0.662. The molecule has 7 aromatic carbocycles. The third-order valence-electron chi connectivity index (χ3n) is 9.72. The molecule has 0 spiro atoms. The summed E-state index contributed by atoms with van der Waals surface area (Å²) in [4.78, 5) is 10.2. The minimum Gasteiger partial charge on any atom is -0.308 e. The molecule has 0 amide bonds. The van der Waals surface area contributed by atoms with E-state index in [1.807, 2.05) is 52.3 Å². The Kier molecular flexibility index (Phi) is 5.48. The second-order valence-corrected chi connectivity index (χ2v) is 13.5. The molecule has 11 aromatic rings. The van der Waals surface area contributed by atoms with Gasteiger partial charge in [0.15, 0.2) is 11.5 Å². The van der Waals surface area contributed by atoms with Crippen molar-refractivity contribution in [1.82, 2.24) is 24.1 Å². The van der Waals surface area contributed by atoms with Crippen molar-refractivity contribution in [2.75, 3.05) is 0 Å². The quantitative estimate of drug-likeness (QED) is 0.192. The SMILES string of the molecule is c1ccc(-c2nc3ccccc3n3nc(-c4cccc(-n5c6ccccc6c6c7ccccc7c7c8ccccc8sc7c65)c4)nc23)cc1. The summed E-state index contributed by atoms with van der Waals surface area (Å²) in [6, 6.07) is 53.5. The summed E-state index contributed by atoms with van der Waals surface area (Å²) in [6.07, 6.45) is 0. The average molecular weight is 644 g/mol. The first-order valence-corrected chi connectivity index (χ1v) is 17.2. The lowest BCUT2D eigenvalue weighted by atomic mass is 9.99. The lowest BCUT2D eigenvalue weighted by Gasteiger charge is -2.11. The predicted molar refractivity (Wildman–Crippen MR) is 204 cm³/mol. The third kappa shape index (κ3) is 3.77. The van der Waals surface area contributed by atoms with Crippen molar-refractivity contribution in [3.8, 4) is 28.3 Å². The molecule has 4 heterocycles. The van der Waals surface area contributed by atoms with Crippen LogP contribution in [0, 0.1) is 0 Å². The summed E-state index contributed by atoms with van der Waals surface area (Å²) < 4.78 is 6.98. The van der Waals surface area contributed by atoms with E-state index in [-0.39, 0.29) is 0 Å². The Balaban J connectivity index is 1.22. The molecular weight excluding hydrogens is 619 g/mol. The van der Waals surface area contributed by atoms with Gasteiger partial charge < -0.3 is 4.57 Å². The highest BCUT2D eigenvalue weighted by Crippen LogP contribution is 2.47. The first-order chi connectivity index (χ1) is 24.3. The van der Waals surface area contributed by atoms with Gasteiger partial charge in [0.05, 0.1) is 26.8 Å². The Bertz CT molecular complexity index is 3110. The van der Waals surface area contributed by atoms with Crippen molar-refractivity contribution in [3.05, 3.63) is 152 Å². The van der Waals surface area contributed by atoms with Crippen LogP contribution in [0.4, 0.5) is 0 Å². The van der Waals surface area contributed by atoms with Gasteiger partial charge in [-0.15, -0.1) is 16.4 Å². The van der Waals surface area contributed by atoms with E-state index in [9.17, 15) is 0 Å². The zero-order valence-corrected chi connectivity index (χ0v) is 26.9. The Morgan fingerprint density at radius 2 is 1.18 bits per heavy atom. The molecule has 0 aliphatic heterocycles. The molecule has 49 heavy (non-hydrogen) atoms. The maximum Gasteiger partial charge on any atom is 0.182 e. The van der Waals surface area contributed by atoms with E-state index in [1.54, 1.807) is 0 Å². The van der Waals surface area contributed by atoms with E-state index in [2.05, 4.69) is 120 Å². The maximum atomic E-state index is 5.16. The van der Waals surface area contributed by atoms with Crippen LogP contribution >= 0.6 is 11.3 Å². The average Bonchev–Trinajstić information content (AvgIpc) is 3.88. The fourth-order valence-corrected chi connectivity index (χ4v) is 8.89. The van der Waals surface area contributed by atoms with Crippen LogP contribution in [0.5, 0.6) is 0 Å². The van der Waals surface area contributed by atoms with Gasteiger partial charge in [-0.3, -0.25) is 0 Å². The zero-order valence-electron chi connectivity index (χ0n) is 26.1. The summed E-state index contributed by atoms with van der Waals surface area (Å²) in [5.74, 6) is 0.662. The van der Waals surface area contributed by atoms with Crippen LogP contribution in [0.3, 0.4) is 0 Å². The molecule has 0 aliphatic rings. The lowest BCUT2D eigenvalue weighted by molar-refractivity contribution is 1.00. The molecular formula is C43H25N5S. The fourth-order valence-electron chi connectivity index (χ4n) is 7.63. The number of fused-ring (bicyclic) bond motifs is 13. The minimum absolute atomic E-state index is 0.662. The van der Waals surface area contributed by atoms with E-state index in [0.29, 0.717) is 5.82 Å². The topological polar surface area (TPSA) is 48.0 Å². The Hall–Kier alpha value is -6.37. The van der Waals surface area contributed by atoms with Crippen LogP contribution in [-0.2, 0) is 0 Å². The molecule has 4 aromatic heterocycles. The van der Waals surface area contributed by atoms with Crippen LogP contribution < -0.4 is 0 Å². The number of aromatic nitrogens is 5. The molecule has 0 unspecified atom stereocenters. The van der Waals surface area contributed by atoms with Gasteiger partial charge in [-0.05, 0) is 47.2 Å². The first-order valence-electron chi connectivity index (χ1n) is 16.4. The maximum absolute atomic E-state index is 5.16. The summed E-state index contributed by atoms with van der Waals surface area (Å²) in [6.45, 7) is 0. The number of thiophene rings is 1. The molecule has 0 atom stereocenters. The van der Waals surface area contributed by atoms with Crippen molar-refractivity contribution in [3.63, 3.8) is 0 Å². The monoisotopic (exact) mass is 643 g/mol. The number of benzene rings is 7. The molecule has 228 valence electrons. The first kappa shape index (κ1) is 26.7. The number of hydrogen-bond acceptors (Lipinski definition) is 4. The molecule has 5 nitrogen and oxygen atoms in total. The van der Waals surface area contributed by atoms with Gasteiger partial charge >= 0.3 is 0 Å². The molecule has 0 bridgehead atoms. The Morgan fingerprint density at radius 3 is 2.04 bits per heavy atom. The molecule has 0 aliphatic carbocycles. The normalized spacial score (nSPS) is 12.1. The van der Waals surface area contributed by atoms with E-state index in [0.717, 1.165) is 39.2 Å². The van der Waals surface area contributed by atoms with Gasteiger partial charge in [-0.1, -0.05) is 115 Å². The Morgan fingerprint density at radius 1 is 0.510 bits per heavy atom. The van der Waals surface area contributed by atoms with Gasteiger partial charge in [0.25, 0.3) is 0 Å². The van der Waals surface area contributed by atoms with Gasteiger partial charge in [-0.2, -0.15) is 0 Å². The second-order valence-electron chi connectivity index (χ2n) is 12.5. The molecule has 0 fully saturated rings. The third-order valence-corrected chi connectivity index (χ3v) is 10.9. The largest absolute Gasteiger partial charge is 0.308 e. The molecule has 0 saturated carbocycles. The van der Waals surface area contributed by atoms with Crippen molar-refractivity contribution in [1.29, 1.82) is 0 Å². The number of para-hydroxylation sites is 3. The summed E-state index contributed by atoms with van der Waals surface area (Å²) in [5, 5.41) is 12.8.